The van der Waals surface area contributed by atoms with Crippen molar-refractivity contribution in [2.75, 3.05) is 24.4 Å². The van der Waals surface area contributed by atoms with Gasteiger partial charge in [-0.25, -0.2) is 18.7 Å². The van der Waals surface area contributed by atoms with E-state index in [9.17, 15) is 13.6 Å². The van der Waals surface area contributed by atoms with Crippen LogP contribution in [0.15, 0.2) is 54.7 Å². The first kappa shape index (κ1) is 24.4. The summed E-state index contributed by atoms with van der Waals surface area (Å²) in [5.41, 5.74) is 0.945. The van der Waals surface area contributed by atoms with Crippen molar-refractivity contribution in [1.29, 1.82) is 0 Å². The lowest BCUT2D eigenvalue weighted by Gasteiger charge is -2.25. The fourth-order valence-corrected chi connectivity index (χ4v) is 3.07. The van der Waals surface area contributed by atoms with Gasteiger partial charge >= 0.3 is 0 Å². The van der Waals surface area contributed by atoms with Crippen LogP contribution in [0, 0.1) is 11.6 Å². The molecular weight excluding hydrogens is 446 g/mol. The van der Waals surface area contributed by atoms with Gasteiger partial charge in [0.05, 0.1) is 7.11 Å². The zero-order chi connectivity index (χ0) is 21.7. The highest BCUT2D eigenvalue weighted by atomic mass is 35.5. The summed E-state index contributed by atoms with van der Waals surface area (Å²) in [5.74, 6) is -0.803. The van der Waals surface area contributed by atoms with Crippen LogP contribution in [0.1, 0.15) is 5.56 Å². The molecule has 0 saturated heterocycles. The predicted octanol–water partition coefficient (Wildman–Crippen LogP) is 4.22. The van der Waals surface area contributed by atoms with Crippen molar-refractivity contribution in [2.24, 2.45) is 0 Å². The molecule has 0 fully saturated rings. The van der Waals surface area contributed by atoms with E-state index in [0.717, 1.165) is 6.07 Å². The molecule has 0 spiro atoms. The highest BCUT2D eigenvalue weighted by Crippen LogP contribution is 2.21. The second-order valence-corrected chi connectivity index (χ2v) is 6.82. The van der Waals surface area contributed by atoms with Crippen LogP contribution in [-0.2, 0) is 11.2 Å². The average molecular weight is 467 g/mol. The molecule has 3 aromatic rings. The van der Waals surface area contributed by atoms with Gasteiger partial charge in [0.1, 0.15) is 29.2 Å². The highest BCUT2D eigenvalue weighted by molar-refractivity contribution is 7.59. The third kappa shape index (κ3) is 6.53. The van der Waals surface area contributed by atoms with Crippen LogP contribution in [-0.4, -0.2) is 36.1 Å². The number of methoxy groups -OCH3 is 1. The van der Waals surface area contributed by atoms with E-state index in [-0.39, 0.29) is 31.1 Å². The molecular formula is C21H21ClF2N4O2S. The monoisotopic (exact) mass is 466 g/mol. The van der Waals surface area contributed by atoms with Crippen LogP contribution in [0.5, 0.6) is 5.75 Å². The number of hydrogen-bond donors (Lipinski definition) is 1. The Labute approximate surface area is 190 Å². The number of carbonyl (C=O) groups is 1. The lowest BCUT2D eigenvalue weighted by molar-refractivity contribution is -0.119. The van der Waals surface area contributed by atoms with Gasteiger partial charge in [0.2, 0.25) is 11.2 Å². The fraction of sp³-hybridized carbons (Fsp3) is 0.190. The summed E-state index contributed by atoms with van der Waals surface area (Å²) in [5, 5.41) is 2.99. The molecule has 1 heterocycles. The fourth-order valence-electron chi connectivity index (χ4n) is 2.93. The van der Waals surface area contributed by atoms with Gasteiger partial charge in [0.15, 0.2) is 0 Å². The number of halogens is 3. The van der Waals surface area contributed by atoms with Gasteiger partial charge in [0, 0.05) is 31.4 Å². The third-order valence-electron chi connectivity index (χ3n) is 4.40. The van der Waals surface area contributed by atoms with Crippen molar-refractivity contribution in [1.82, 2.24) is 9.97 Å². The molecule has 31 heavy (non-hydrogen) atoms. The summed E-state index contributed by atoms with van der Waals surface area (Å²) in [4.78, 5) is 22.5. The van der Waals surface area contributed by atoms with E-state index in [1.165, 1.54) is 23.2 Å². The zero-order valence-electron chi connectivity index (χ0n) is 16.8. The van der Waals surface area contributed by atoms with Gasteiger partial charge in [0.25, 0.3) is 0 Å². The van der Waals surface area contributed by atoms with E-state index in [2.05, 4.69) is 15.3 Å². The van der Waals surface area contributed by atoms with Crippen LogP contribution >= 0.6 is 25.1 Å². The van der Waals surface area contributed by atoms with Gasteiger partial charge < -0.3 is 15.0 Å². The number of amides is 1. The van der Waals surface area contributed by atoms with Crippen molar-refractivity contribution in [3.05, 3.63) is 77.2 Å². The summed E-state index contributed by atoms with van der Waals surface area (Å²) in [7, 11) is 3.16. The minimum absolute atomic E-state index is 0. The number of nitrogens with zero attached hydrogens (tertiary/aromatic N) is 3. The van der Waals surface area contributed by atoms with E-state index in [1.54, 1.807) is 44.5 Å². The third-order valence-corrected chi connectivity index (χ3v) is 4.58. The molecule has 1 N–H and O–H groups in total. The van der Waals surface area contributed by atoms with Gasteiger partial charge in [-0.15, -0.1) is 0 Å². The molecule has 1 amide bonds. The second kappa shape index (κ2) is 10.9. The molecule has 3 rings (SSSR count). The van der Waals surface area contributed by atoms with Crippen LogP contribution in [0.2, 0.25) is 5.28 Å². The van der Waals surface area contributed by atoms with Crippen molar-refractivity contribution in [3.63, 3.8) is 0 Å². The molecule has 10 heteroatoms. The molecule has 0 aliphatic carbocycles. The number of likely N-dealkylation sites (N-methyl/N-ethyl adjacent to an activating group) is 1. The zero-order valence-corrected chi connectivity index (χ0v) is 18.5. The van der Waals surface area contributed by atoms with Crippen molar-refractivity contribution < 1.29 is 18.3 Å². The largest absolute Gasteiger partial charge is 0.497 e. The maximum Gasteiger partial charge on any atom is 0.249 e. The standard InChI is InChI=1S/C21H19ClF2N4O2.H2S/c1-28(16-3-5-17(30-2)6-4-16)20(29)18(26-19-7-8-25-21(22)27-19)11-13-9-14(23)12-15(24)10-13;/h3-10,12,18H,11H2,1-2H3,(H,25,26,27);1H2/t18-;/m0./s1. The van der Waals surface area contributed by atoms with E-state index in [0.29, 0.717) is 22.8 Å². The minimum atomic E-state index is -0.871. The highest BCUT2D eigenvalue weighted by Gasteiger charge is 2.24. The molecule has 164 valence electrons. The van der Waals surface area contributed by atoms with E-state index in [1.807, 2.05) is 0 Å². The Balaban J connectivity index is 0.00000341. The van der Waals surface area contributed by atoms with Gasteiger partial charge in [-0.2, -0.15) is 13.5 Å². The maximum atomic E-state index is 13.6. The first-order chi connectivity index (χ1) is 14.4. The second-order valence-electron chi connectivity index (χ2n) is 6.48. The molecule has 6 nitrogen and oxygen atoms in total. The molecule has 0 saturated carbocycles. The van der Waals surface area contributed by atoms with Crippen LogP contribution in [0.3, 0.4) is 0 Å². The Morgan fingerprint density at radius 3 is 2.39 bits per heavy atom. The topological polar surface area (TPSA) is 67.3 Å². The van der Waals surface area contributed by atoms with Gasteiger partial charge in [-0.05, 0) is 59.6 Å². The summed E-state index contributed by atoms with van der Waals surface area (Å²) < 4.78 is 32.4. The normalized spacial score (nSPS) is 11.3. The Kier molecular flexibility index (Phi) is 8.58. The number of aromatic nitrogens is 2. The first-order valence-electron chi connectivity index (χ1n) is 8.97. The van der Waals surface area contributed by atoms with Crippen molar-refractivity contribution in [2.45, 2.75) is 12.5 Å². The lowest BCUT2D eigenvalue weighted by atomic mass is 10.0. The van der Waals surface area contributed by atoms with Crippen LogP contribution < -0.4 is 15.0 Å². The van der Waals surface area contributed by atoms with E-state index < -0.39 is 17.7 Å². The Hall–Kier alpha value is -2.91. The molecule has 0 bridgehead atoms. The number of ether oxygens (including phenoxy) is 1. The summed E-state index contributed by atoms with van der Waals surface area (Å²) in [6, 6.07) is 10.8. The Morgan fingerprint density at radius 2 is 1.81 bits per heavy atom. The van der Waals surface area contributed by atoms with Gasteiger partial charge in [-0.1, -0.05) is 0 Å². The average Bonchev–Trinajstić information content (AvgIpc) is 2.71. The molecule has 0 radical (unpaired) electrons. The van der Waals surface area contributed by atoms with Crippen LogP contribution in [0.4, 0.5) is 20.3 Å². The number of anilines is 2. The van der Waals surface area contributed by atoms with Crippen molar-refractivity contribution in [3.8, 4) is 5.75 Å². The Bertz CT molecular complexity index is 1020. The lowest BCUT2D eigenvalue weighted by Crippen LogP contribution is -2.42. The minimum Gasteiger partial charge on any atom is -0.497 e. The quantitative estimate of drug-likeness (QED) is 0.528. The molecule has 0 aliphatic heterocycles. The van der Waals surface area contributed by atoms with Gasteiger partial charge in [-0.3, -0.25) is 4.79 Å². The van der Waals surface area contributed by atoms with Crippen LogP contribution in [0.25, 0.3) is 0 Å². The first-order valence-corrected chi connectivity index (χ1v) is 9.35. The molecule has 0 aliphatic rings. The van der Waals surface area contributed by atoms with E-state index >= 15 is 0 Å². The van der Waals surface area contributed by atoms with E-state index in [4.69, 9.17) is 16.3 Å². The number of hydrogen-bond acceptors (Lipinski definition) is 5. The summed E-state index contributed by atoms with van der Waals surface area (Å²) in [6.07, 6.45) is 1.46. The molecule has 1 aromatic heterocycles. The smallest absolute Gasteiger partial charge is 0.249 e. The maximum absolute atomic E-state index is 13.6. The van der Waals surface area contributed by atoms with Crippen molar-refractivity contribution >= 4 is 42.5 Å². The molecule has 2 aromatic carbocycles. The predicted molar refractivity (Wildman–Crippen MR) is 121 cm³/mol. The number of nitrogens with one attached hydrogen (secondary N) is 1. The number of rotatable bonds is 7. The number of benzene rings is 2. The summed E-state index contributed by atoms with van der Waals surface area (Å²) in [6.45, 7) is 0. The number of carbonyl (C=O) groups excluding carboxylic acids is 1. The molecule has 0 unspecified atom stereocenters. The Morgan fingerprint density at radius 1 is 1.16 bits per heavy atom. The molecule has 1 atom stereocenters. The SMILES string of the molecule is COc1ccc(N(C)C(=O)[C@H](Cc2cc(F)cc(F)c2)Nc2ccnc(Cl)n2)cc1.S. The summed E-state index contributed by atoms with van der Waals surface area (Å²) >= 11 is 5.83.